The summed E-state index contributed by atoms with van der Waals surface area (Å²) in [6.45, 7) is 5.33. The standard InChI is InChI=1S/C16H18BrFN6/c1-2-13-14(18)15(22-9-21-13)23-5-10-7-24(8-11(10)6-23)16-19-3-12(17)4-20-16/h3-4,9-11H,2,5-8H2,1H3. The van der Waals surface area contributed by atoms with Crippen LogP contribution in [-0.2, 0) is 6.42 Å². The van der Waals surface area contributed by atoms with Crippen LogP contribution in [-0.4, -0.2) is 46.1 Å². The third-order valence-electron chi connectivity index (χ3n) is 4.85. The predicted octanol–water partition coefficient (Wildman–Crippen LogP) is 2.30. The Morgan fingerprint density at radius 2 is 1.67 bits per heavy atom. The highest BCUT2D eigenvalue weighted by molar-refractivity contribution is 9.10. The summed E-state index contributed by atoms with van der Waals surface area (Å²) in [5.41, 5.74) is 0.488. The van der Waals surface area contributed by atoms with Crippen molar-refractivity contribution in [2.24, 2.45) is 11.8 Å². The van der Waals surface area contributed by atoms with Crippen LogP contribution in [0.5, 0.6) is 0 Å². The summed E-state index contributed by atoms with van der Waals surface area (Å²) in [6, 6.07) is 0. The Kier molecular flexibility index (Phi) is 4.07. The van der Waals surface area contributed by atoms with Crippen molar-refractivity contribution in [2.75, 3.05) is 36.0 Å². The number of hydrogen-bond acceptors (Lipinski definition) is 6. The Hall–Kier alpha value is -1.83. The number of nitrogens with zero attached hydrogens (tertiary/aromatic N) is 6. The zero-order chi connectivity index (χ0) is 16.7. The summed E-state index contributed by atoms with van der Waals surface area (Å²) in [6.07, 6.45) is 5.58. The normalized spacial score (nSPS) is 23.0. The van der Waals surface area contributed by atoms with Crippen molar-refractivity contribution < 1.29 is 4.39 Å². The molecule has 0 aliphatic carbocycles. The van der Waals surface area contributed by atoms with E-state index in [4.69, 9.17) is 0 Å². The molecular formula is C16H18BrFN6. The van der Waals surface area contributed by atoms with Crippen molar-refractivity contribution in [3.05, 3.63) is 34.7 Å². The van der Waals surface area contributed by atoms with E-state index in [1.54, 1.807) is 12.4 Å². The van der Waals surface area contributed by atoms with Crippen LogP contribution in [0.15, 0.2) is 23.2 Å². The Morgan fingerprint density at radius 3 is 2.29 bits per heavy atom. The van der Waals surface area contributed by atoms with Gasteiger partial charge in [-0.1, -0.05) is 6.92 Å². The topological polar surface area (TPSA) is 58.0 Å². The van der Waals surface area contributed by atoms with Gasteiger partial charge in [-0.25, -0.2) is 24.3 Å². The Balaban J connectivity index is 1.47. The van der Waals surface area contributed by atoms with Crippen molar-refractivity contribution in [1.82, 2.24) is 19.9 Å². The molecule has 2 aliphatic rings. The fourth-order valence-electron chi connectivity index (χ4n) is 3.66. The van der Waals surface area contributed by atoms with E-state index in [-0.39, 0.29) is 5.82 Å². The zero-order valence-corrected chi connectivity index (χ0v) is 14.9. The molecule has 6 nitrogen and oxygen atoms in total. The second kappa shape index (κ2) is 6.23. The molecule has 126 valence electrons. The maximum absolute atomic E-state index is 14.5. The Bertz CT molecular complexity index is 726. The number of halogens is 2. The van der Waals surface area contributed by atoms with Crippen LogP contribution in [0.3, 0.4) is 0 Å². The maximum Gasteiger partial charge on any atom is 0.225 e. The number of aromatic nitrogens is 4. The first-order valence-electron chi connectivity index (χ1n) is 8.12. The third kappa shape index (κ3) is 2.72. The third-order valence-corrected chi connectivity index (χ3v) is 5.26. The number of anilines is 2. The van der Waals surface area contributed by atoms with Gasteiger partial charge in [-0.3, -0.25) is 0 Å². The van der Waals surface area contributed by atoms with Gasteiger partial charge in [0, 0.05) is 50.4 Å². The summed E-state index contributed by atoms with van der Waals surface area (Å²) in [7, 11) is 0. The van der Waals surface area contributed by atoms with Gasteiger partial charge in [0.05, 0.1) is 10.2 Å². The minimum Gasteiger partial charge on any atom is -0.353 e. The first-order valence-corrected chi connectivity index (χ1v) is 8.91. The molecule has 0 bridgehead atoms. The van der Waals surface area contributed by atoms with Crippen molar-refractivity contribution in [1.29, 1.82) is 0 Å². The molecule has 24 heavy (non-hydrogen) atoms. The van der Waals surface area contributed by atoms with Gasteiger partial charge in [-0.2, -0.15) is 0 Å². The SMILES string of the molecule is CCc1ncnc(N2CC3CN(c4ncc(Br)cn4)CC3C2)c1F. The Labute approximate surface area is 148 Å². The summed E-state index contributed by atoms with van der Waals surface area (Å²) >= 11 is 3.36. The molecule has 0 N–H and O–H groups in total. The quantitative estimate of drug-likeness (QED) is 0.798. The summed E-state index contributed by atoms with van der Waals surface area (Å²) in [4.78, 5) is 21.2. The first-order chi connectivity index (χ1) is 11.7. The van der Waals surface area contributed by atoms with Crippen LogP contribution < -0.4 is 9.80 Å². The highest BCUT2D eigenvalue weighted by Crippen LogP contribution is 2.35. The molecule has 2 aliphatic heterocycles. The molecule has 0 spiro atoms. The number of aryl methyl sites for hydroxylation is 1. The molecule has 2 aromatic heterocycles. The molecular weight excluding hydrogens is 375 g/mol. The fraction of sp³-hybridized carbons (Fsp3) is 0.500. The van der Waals surface area contributed by atoms with Crippen LogP contribution in [0.25, 0.3) is 0 Å². The summed E-state index contributed by atoms with van der Waals surface area (Å²) in [5.74, 6) is 1.91. The van der Waals surface area contributed by atoms with Crippen LogP contribution in [0.1, 0.15) is 12.6 Å². The van der Waals surface area contributed by atoms with E-state index < -0.39 is 0 Å². The Morgan fingerprint density at radius 1 is 1.04 bits per heavy atom. The zero-order valence-electron chi connectivity index (χ0n) is 13.4. The molecule has 0 amide bonds. The maximum atomic E-state index is 14.5. The number of rotatable bonds is 3. The number of hydrogen-bond donors (Lipinski definition) is 0. The molecule has 2 aromatic rings. The van der Waals surface area contributed by atoms with E-state index in [9.17, 15) is 4.39 Å². The monoisotopic (exact) mass is 392 g/mol. The van der Waals surface area contributed by atoms with E-state index in [0.717, 1.165) is 36.6 Å². The lowest BCUT2D eigenvalue weighted by Crippen LogP contribution is -2.30. The van der Waals surface area contributed by atoms with Gasteiger partial charge in [0.2, 0.25) is 5.95 Å². The summed E-state index contributed by atoms with van der Waals surface area (Å²) < 4.78 is 15.4. The lowest BCUT2D eigenvalue weighted by molar-refractivity contribution is 0.533. The van der Waals surface area contributed by atoms with E-state index in [1.165, 1.54) is 6.33 Å². The molecule has 0 saturated carbocycles. The average Bonchev–Trinajstić information content (AvgIpc) is 3.14. The van der Waals surface area contributed by atoms with E-state index in [0.29, 0.717) is 29.8 Å². The average molecular weight is 393 g/mol. The van der Waals surface area contributed by atoms with E-state index in [1.807, 2.05) is 6.92 Å². The van der Waals surface area contributed by atoms with Crippen LogP contribution in [0, 0.1) is 17.7 Å². The van der Waals surface area contributed by atoms with Crippen molar-refractivity contribution in [3.63, 3.8) is 0 Å². The van der Waals surface area contributed by atoms with E-state index >= 15 is 0 Å². The second-order valence-electron chi connectivity index (χ2n) is 6.34. The van der Waals surface area contributed by atoms with Crippen LogP contribution in [0.2, 0.25) is 0 Å². The molecule has 2 atom stereocenters. The lowest BCUT2D eigenvalue weighted by atomic mass is 10.0. The molecule has 2 fully saturated rings. The molecule has 0 aromatic carbocycles. The van der Waals surface area contributed by atoms with Crippen LogP contribution in [0.4, 0.5) is 16.2 Å². The van der Waals surface area contributed by atoms with Crippen molar-refractivity contribution in [3.8, 4) is 0 Å². The molecule has 0 radical (unpaired) electrons. The van der Waals surface area contributed by atoms with Gasteiger partial charge >= 0.3 is 0 Å². The first kappa shape index (κ1) is 15.7. The van der Waals surface area contributed by atoms with Gasteiger partial charge in [0.15, 0.2) is 11.6 Å². The van der Waals surface area contributed by atoms with Gasteiger partial charge < -0.3 is 9.80 Å². The minimum absolute atomic E-state index is 0.270. The molecule has 4 heterocycles. The van der Waals surface area contributed by atoms with Gasteiger partial charge in [-0.15, -0.1) is 0 Å². The molecule has 8 heteroatoms. The van der Waals surface area contributed by atoms with Crippen LogP contribution >= 0.6 is 15.9 Å². The van der Waals surface area contributed by atoms with E-state index in [2.05, 4.69) is 45.7 Å². The van der Waals surface area contributed by atoms with Gasteiger partial charge in [-0.05, 0) is 22.4 Å². The highest BCUT2D eigenvalue weighted by atomic mass is 79.9. The molecule has 4 rings (SSSR count). The molecule has 2 saturated heterocycles. The van der Waals surface area contributed by atoms with Gasteiger partial charge in [0.1, 0.15) is 6.33 Å². The second-order valence-corrected chi connectivity index (χ2v) is 7.26. The fourth-order valence-corrected chi connectivity index (χ4v) is 3.87. The molecule has 2 unspecified atom stereocenters. The lowest BCUT2D eigenvalue weighted by Gasteiger charge is -2.23. The number of fused-ring (bicyclic) bond motifs is 1. The highest BCUT2D eigenvalue weighted by Gasteiger charge is 2.42. The van der Waals surface area contributed by atoms with Crippen molar-refractivity contribution in [2.45, 2.75) is 13.3 Å². The van der Waals surface area contributed by atoms with Gasteiger partial charge in [0.25, 0.3) is 0 Å². The largest absolute Gasteiger partial charge is 0.353 e. The predicted molar refractivity (Wildman–Crippen MR) is 92.5 cm³/mol. The van der Waals surface area contributed by atoms with Crippen molar-refractivity contribution >= 4 is 27.7 Å². The smallest absolute Gasteiger partial charge is 0.225 e. The minimum atomic E-state index is -0.270. The summed E-state index contributed by atoms with van der Waals surface area (Å²) in [5, 5.41) is 0.